The van der Waals surface area contributed by atoms with E-state index >= 15 is 0 Å². The highest BCUT2D eigenvalue weighted by molar-refractivity contribution is 7.98. The van der Waals surface area contributed by atoms with Gasteiger partial charge in [0.05, 0.1) is 52.9 Å². The number of hydrogen-bond donors (Lipinski definition) is 5. The Hall–Kier alpha value is -6.90. The number of piperidine rings is 4. The molecule has 108 heavy (non-hydrogen) atoms. The average molecular weight is 1610 g/mol. The van der Waals surface area contributed by atoms with E-state index in [1.54, 1.807) is 78.2 Å². The van der Waals surface area contributed by atoms with Crippen LogP contribution in [0.1, 0.15) is 130 Å². The van der Waals surface area contributed by atoms with Crippen molar-refractivity contribution in [2.24, 2.45) is 50.7 Å². The highest BCUT2D eigenvalue weighted by Gasteiger charge is 2.53. The first-order valence-electron chi connectivity index (χ1n) is 37.2. The van der Waals surface area contributed by atoms with Crippen LogP contribution >= 0.6 is 81.4 Å². The fourth-order valence-corrected chi connectivity index (χ4v) is 19.2. The molecule has 7 fully saturated rings. The van der Waals surface area contributed by atoms with Crippen LogP contribution in [-0.4, -0.2) is 121 Å². The van der Waals surface area contributed by atoms with Gasteiger partial charge in [-0.05, 0) is 192 Å². The summed E-state index contributed by atoms with van der Waals surface area (Å²) in [6.45, 7) is 19.3. The smallest absolute Gasteiger partial charge is 0.261 e. The van der Waals surface area contributed by atoms with E-state index in [-0.39, 0.29) is 67.1 Å². The number of nitrogens with zero attached hydrogens (tertiary/aromatic N) is 12. The molecule has 8 aromatic rings. The van der Waals surface area contributed by atoms with Gasteiger partial charge in [-0.1, -0.05) is 145 Å². The highest BCUT2D eigenvalue weighted by Crippen LogP contribution is 2.53. The fourth-order valence-electron chi connectivity index (χ4n) is 17.5. The Labute approximate surface area is 664 Å². The molecular formula is C79H98Cl6FN17O4S. The molecule has 3 aliphatic carbocycles. The second-order valence-corrected chi connectivity index (χ2v) is 34.8. The Morgan fingerprint density at radius 3 is 1.16 bits per heavy atom. The normalized spacial score (nSPS) is 23.2. The van der Waals surface area contributed by atoms with Gasteiger partial charge in [-0.3, -0.25) is 28.3 Å². The van der Waals surface area contributed by atoms with Gasteiger partial charge < -0.3 is 48.3 Å². The molecule has 3 spiro atoms. The number of thioether (sulfide) groups is 1. The van der Waals surface area contributed by atoms with Gasteiger partial charge in [0.1, 0.15) is 34.8 Å². The standard InChI is InChI=1S/C21H28N4O.C20H24Cl2FN5O.C20H25Cl2N5O.C18H21Cl2N3OS/c1-15-8-9-21(20(15)22)10-12-24(13-11-21)18-14-19(26)25(16(2)23-18)17-6-4-3-5-7-17;1-19(23)10-14(24)20(11-19)5-7-27(8-6-20)15-9-16(29)28(18(25)26-15)13-4-2-3-12(21)17(13)22;1-12-5-6-20(18(12)23)7-9-26(10-8-20)15-11-16(28)27(19(24)25-15)14-4-2-3-13(21)17(14)22;1-18(2)7-9-22(10-8-18)14-11-15(24)23(17(21-14)25-3)13-6-4-5-12(19)16(13)20/h3-7,14-15,20H,8-13,22H2,1-2H3;2-4,9,14H,5-8,10-11,24H2,1H3,(H2,25,26);2-4,11-12,18H,5-10,23H2,1H3,(H2,24,25);4-6,11H,7-10H2,1-3H3/t15-,20-;14-,19?;12-,18-;/m111./s1. The molecule has 10 N–H and O–H groups in total. The van der Waals surface area contributed by atoms with Gasteiger partial charge in [0.25, 0.3) is 22.2 Å². The van der Waals surface area contributed by atoms with Crippen LogP contribution in [0.15, 0.2) is 134 Å². The molecule has 7 aliphatic rings. The monoisotopic (exact) mass is 1610 g/mol. The van der Waals surface area contributed by atoms with E-state index in [1.165, 1.54) is 63.3 Å². The van der Waals surface area contributed by atoms with Crippen molar-refractivity contribution in [3.05, 3.63) is 187 Å². The van der Waals surface area contributed by atoms with Crippen LogP contribution in [0.25, 0.3) is 22.7 Å². The summed E-state index contributed by atoms with van der Waals surface area (Å²) in [6, 6.07) is 31.7. The van der Waals surface area contributed by atoms with Gasteiger partial charge in [-0.2, -0.15) is 9.97 Å². The zero-order valence-corrected chi connectivity index (χ0v) is 67.6. The van der Waals surface area contributed by atoms with E-state index in [1.807, 2.05) is 48.4 Å². The maximum absolute atomic E-state index is 14.5. The number of benzene rings is 4. The number of nitrogens with two attached hydrogens (primary N) is 5. The second-order valence-electron chi connectivity index (χ2n) is 31.6. The molecule has 6 atom stereocenters. The number of rotatable bonds is 9. The first-order chi connectivity index (χ1) is 51.3. The molecule has 3 saturated carbocycles. The number of hydrogen-bond acceptors (Lipinski definition) is 18. The summed E-state index contributed by atoms with van der Waals surface area (Å²) in [6.07, 6.45) is 15.6. The summed E-state index contributed by atoms with van der Waals surface area (Å²) in [7, 11) is 0. The third kappa shape index (κ3) is 16.8. The van der Waals surface area contributed by atoms with Gasteiger partial charge in [0.2, 0.25) is 11.9 Å². The highest BCUT2D eigenvalue weighted by atomic mass is 35.5. The van der Waals surface area contributed by atoms with Crippen LogP contribution in [-0.2, 0) is 0 Å². The molecule has 21 nitrogen and oxygen atoms in total. The lowest BCUT2D eigenvalue weighted by Gasteiger charge is -2.43. The summed E-state index contributed by atoms with van der Waals surface area (Å²) in [4.78, 5) is 78.1. The summed E-state index contributed by atoms with van der Waals surface area (Å²) in [5, 5.41) is 2.58. The van der Waals surface area contributed by atoms with Crippen molar-refractivity contribution < 1.29 is 4.39 Å². The maximum Gasteiger partial charge on any atom is 0.261 e. The summed E-state index contributed by atoms with van der Waals surface area (Å²) < 4.78 is 20.2. The number of alkyl halides is 1. The zero-order chi connectivity index (χ0) is 77.5. The Morgan fingerprint density at radius 1 is 0.454 bits per heavy atom. The molecule has 0 amide bonds. The molecule has 4 aromatic carbocycles. The van der Waals surface area contributed by atoms with Crippen LogP contribution in [0.2, 0.25) is 30.1 Å². The predicted octanol–water partition coefficient (Wildman–Crippen LogP) is 14.8. The van der Waals surface area contributed by atoms with Gasteiger partial charge in [-0.15, -0.1) is 0 Å². The Bertz CT molecular complexity index is 4840. The molecule has 1 unspecified atom stereocenters. The predicted molar refractivity (Wildman–Crippen MR) is 441 cm³/mol. The largest absolute Gasteiger partial charge is 0.369 e. The van der Waals surface area contributed by atoms with Gasteiger partial charge >= 0.3 is 0 Å². The molecule has 4 aliphatic heterocycles. The molecule has 4 aromatic heterocycles. The van der Waals surface area contributed by atoms with E-state index < -0.39 is 5.67 Å². The minimum atomic E-state index is -1.21. The fraction of sp³-hybridized carbons (Fsp3) is 0.494. The lowest BCUT2D eigenvalue weighted by molar-refractivity contribution is 0.142. The third-order valence-electron chi connectivity index (χ3n) is 24.2. The third-order valence-corrected chi connectivity index (χ3v) is 27.3. The molecule has 4 saturated heterocycles. The van der Waals surface area contributed by atoms with Crippen LogP contribution in [0.5, 0.6) is 0 Å². The number of anilines is 6. The number of para-hydroxylation sites is 1. The van der Waals surface area contributed by atoms with Crippen molar-refractivity contribution in [1.82, 2.24) is 38.2 Å². The molecule has 29 heteroatoms. The van der Waals surface area contributed by atoms with Crippen molar-refractivity contribution in [3.63, 3.8) is 0 Å². The molecule has 15 rings (SSSR count). The van der Waals surface area contributed by atoms with Crippen molar-refractivity contribution in [1.29, 1.82) is 0 Å². The van der Waals surface area contributed by atoms with Gasteiger partial charge in [-0.25, -0.2) is 23.5 Å². The number of nitrogen functional groups attached to an aromatic ring is 2. The van der Waals surface area contributed by atoms with Crippen molar-refractivity contribution in [2.75, 3.05) is 89.7 Å². The van der Waals surface area contributed by atoms with Gasteiger partial charge in [0, 0.05) is 94.7 Å². The molecule has 8 heterocycles. The Morgan fingerprint density at radius 2 is 0.806 bits per heavy atom. The van der Waals surface area contributed by atoms with E-state index in [4.69, 9.17) is 108 Å². The minimum Gasteiger partial charge on any atom is -0.369 e. The zero-order valence-electron chi connectivity index (χ0n) is 62.3. The second kappa shape index (κ2) is 32.8. The minimum absolute atomic E-state index is 0.0230. The number of halogens is 7. The number of aryl methyl sites for hydroxylation is 1. The van der Waals surface area contributed by atoms with Crippen LogP contribution in [0.3, 0.4) is 0 Å². The Balaban J connectivity index is 0.000000135. The lowest BCUT2D eigenvalue weighted by Crippen LogP contribution is -2.48. The average Bonchev–Trinajstić information content (AvgIpc) is 1.60. The van der Waals surface area contributed by atoms with Crippen molar-refractivity contribution >= 4 is 117 Å². The Kier molecular flexibility index (Phi) is 24.5. The quantitative estimate of drug-likeness (QED) is 0.0663. The summed E-state index contributed by atoms with van der Waals surface area (Å²) >= 11 is 38.5. The van der Waals surface area contributed by atoms with Crippen molar-refractivity contribution in [3.8, 4) is 22.7 Å². The van der Waals surface area contributed by atoms with Gasteiger partial charge in [0.15, 0.2) is 5.16 Å². The summed E-state index contributed by atoms with van der Waals surface area (Å²) in [5.41, 5.74) is 32.5. The first-order valence-corrected chi connectivity index (χ1v) is 40.7. The molecule has 578 valence electrons. The topological polar surface area (TPSA) is 283 Å². The van der Waals surface area contributed by atoms with E-state index in [0.717, 1.165) is 114 Å². The van der Waals surface area contributed by atoms with E-state index in [0.29, 0.717) is 109 Å². The van der Waals surface area contributed by atoms with E-state index in [2.05, 4.69) is 52.4 Å². The van der Waals surface area contributed by atoms with Crippen LogP contribution < -0.4 is 70.5 Å². The number of aromatic nitrogens is 8. The maximum atomic E-state index is 14.5. The van der Waals surface area contributed by atoms with Crippen molar-refractivity contribution in [2.45, 2.75) is 160 Å². The first kappa shape index (κ1) is 80.6. The molecular weight excluding hydrogens is 1510 g/mol. The van der Waals surface area contributed by atoms with Crippen LogP contribution in [0, 0.1) is 40.4 Å². The SMILES string of the molecule is CC1(F)C[C@@H](N)C2(CCN(c3cc(=O)n(-c4cccc(Cl)c4Cl)c(N)n3)CC2)C1.CSc1nc(N2CCC(C)(C)CC2)cc(=O)n1-c1cccc(Cl)c1Cl.C[C@@H]1CCC2(CCN(c3cc(=O)n(-c4cccc(Cl)c4Cl)c(N)n3)CC2)[C@@H]1N.Cc1nc(N2CCC3(CC[C@@H](C)[C@H]3N)CC2)cc(=O)n1-c1ccccc1. The summed E-state index contributed by atoms with van der Waals surface area (Å²) in [5.74, 6) is 4.70. The van der Waals surface area contributed by atoms with E-state index in [9.17, 15) is 23.6 Å². The molecule has 0 bridgehead atoms. The molecule has 0 radical (unpaired) electrons. The lowest BCUT2D eigenvalue weighted by atomic mass is 9.73. The van der Waals surface area contributed by atoms with Crippen LogP contribution in [0.4, 0.5) is 39.6 Å².